The van der Waals surface area contributed by atoms with Crippen molar-refractivity contribution in [1.29, 1.82) is 0 Å². The quantitative estimate of drug-likeness (QED) is 0.307. The summed E-state index contributed by atoms with van der Waals surface area (Å²) in [6.07, 6.45) is 4.36. The zero-order valence-electron chi connectivity index (χ0n) is 15.1. The van der Waals surface area contributed by atoms with Crippen molar-refractivity contribution in [3.63, 3.8) is 0 Å². The molecule has 3 rings (SSSR count). The Balaban J connectivity index is 1.37. The first-order valence-electron chi connectivity index (χ1n) is 9.03. The van der Waals surface area contributed by atoms with E-state index in [2.05, 4.69) is 44.9 Å². The zero-order chi connectivity index (χ0) is 18.0. The van der Waals surface area contributed by atoms with Gasteiger partial charge in [-0.1, -0.05) is 18.2 Å². The van der Waals surface area contributed by atoms with E-state index in [0.29, 0.717) is 12.4 Å². The van der Waals surface area contributed by atoms with Gasteiger partial charge in [-0.2, -0.15) is 0 Å². The Bertz CT molecular complexity index is 704. The van der Waals surface area contributed by atoms with Crippen LogP contribution in [-0.2, 0) is 6.54 Å². The lowest BCUT2D eigenvalue weighted by molar-refractivity contribution is 0.288. The van der Waals surface area contributed by atoms with E-state index in [1.54, 1.807) is 13.2 Å². The van der Waals surface area contributed by atoms with Gasteiger partial charge in [-0.15, -0.1) is 11.8 Å². The zero-order valence-corrected chi connectivity index (χ0v) is 16.0. The van der Waals surface area contributed by atoms with Crippen LogP contribution in [0.25, 0.3) is 0 Å². The molecule has 0 bridgehead atoms. The first-order chi connectivity index (χ1) is 12.8. The van der Waals surface area contributed by atoms with Gasteiger partial charge in [0.2, 0.25) is 5.88 Å². The fourth-order valence-electron chi connectivity index (χ4n) is 2.39. The van der Waals surface area contributed by atoms with Crippen LogP contribution < -0.4 is 15.4 Å². The van der Waals surface area contributed by atoms with Gasteiger partial charge in [0.05, 0.1) is 6.61 Å². The van der Waals surface area contributed by atoms with Crippen molar-refractivity contribution in [3.05, 3.63) is 54.2 Å². The summed E-state index contributed by atoms with van der Waals surface area (Å²) in [7, 11) is 1.79. The second kappa shape index (κ2) is 10.1. The van der Waals surface area contributed by atoms with Crippen LogP contribution in [0.2, 0.25) is 0 Å². The molecule has 1 heterocycles. The minimum atomic E-state index is 0.688. The highest BCUT2D eigenvalue weighted by Gasteiger charge is 2.22. The minimum absolute atomic E-state index is 0.688. The van der Waals surface area contributed by atoms with Gasteiger partial charge in [-0.05, 0) is 42.5 Å². The molecule has 0 amide bonds. The molecule has 6 heteroatoms. The van der Waals surface area contributed by atoms with Crippen LogP contribution in [0.15, 0.2) is 58.5 Å². The second-order valence-electron chi connectivity index (χ2n) is 6.27. The van der Waals surface area contributed by atoms with Crippen molar-refractivity contribution in [3.8, 4) is 5.88 Å². The summed E-state index contributed by atoms with van der Waals surface area (Å²) >= 11 is 1.83. The molecule has 1 aliphatic carbocycles. The van der Waals surface area contributed by atoms with Gasteiger partial charge < -0.3 is 15.4 Å². The Morgan fingerprint density at radius 3 is 2.85 bits per heavy atom. The van der Waals surface area contributed by atoms with Crippen LogP contribution in [0.1, 0.15) is 18.4 Å². The number of guanidine groups is 1. The molecule has 0 unspecified atom stereocenters. The van der Waals surface area contributed by atoms with E-state index in [4.69, 9.17) is 4.74 Å². The van der Waals surface area contributed by atoms with Crippen molar-refractivity contribution >= 4 is 17.7 Å². The van der Waals surface area contributed by atoms with Crippen molar-refractivity contribution in [2.75, 3.05) is 26.0 Å². The Morgan fingerprint density at radius 1 is 1.23 bits per heavy atom. The molecule has 1 fully saturated rings. The number of hydrogen-bond acceptors (Lipinski definition) is 4. The Morgan fingerprint density at radius 2 is 2.08 bits per heavy atom. The van der Waals surface area contributed by atoms with Crippen molar-refractivity contribution < 1.29 is 4.74 Å². The monoisotopic (exact) mass is 370 g/mol. The number of hydrogen-bond donors (Lipinski definition) is 2. The fourth-order valence-corrected chi connectivity index (χ4v) is 3.18. The third-order valence-electron chi connectivity index (χ3n) is 4.05. The van der Waals surface area contributed by atoms with Crippen LogP contribution >= 0.6 is 11.8 Å². The molecule has 2 N–H and O–H groups in total. The van der Waals surface area contributed by atoms with Crippen LogP contribution in [0.3, 0.4) is 0 Å². The molecule has 0 atom stereocenters. The summed E-state index contributed by atoms with van der Waals surface area (Å²) in [6.45, 7) is 2.32. The molecular weight excluding hydrogens is 344 g/mol. The molecular formula is C20H26N4OS. The molecule has 0 spiro atoms. The fraction of sp³-hybridized carbons (Fsp3) is 0.400. The molecule has 1 saturated carbocycles. The summed E-state index contributed by atoms with van der Waals surface area (Å²) in [5.41, 5.74) is 1.13. The summed E-state index contributed by atoms with van der Waals surface area (Å²) in [4.78, 5) is 9.84. The number of ether oxygens (including phenoxy) is 1. The van der Waals surface area contributed by atoms with Crippen molar-refractivity contribution in [1.82, 2.24) is 15.6 Å². The smallest absolute Gasteiger partial charge is 0.213 e. The maximum absolute atomic E-state index is 5.74. The predicted molar refractivity (Wildman–Crippen MR) is 108 cm³/mol. The van der Waals surface area contributed by atoms with Crippen molar-refractivity contribution in [2.24, 2.45) is 10.9 Å². The average molecular weight is 371 g/mol. The number of rotatable bonds is 9. The number of benzene rings is 1. The number of aromatic nitrogens is 1. The van der Waals surface area contributed by atoms with Gasteiger partial charge >= 0.3 is 0 Å². The van der Waals surface area contributed by atoms with Gasteiger partial charge in [0.25, 0.3) is 0 Å². The van der Waals surface area contributed by atoms with Gasteiger partial charge in [-0.3, -0.25) is 4.99 Å². The SMILES string of the molecule is CN=C(NCCSc1ccccc1)NCc1ccnc(OCC2CC2)c1. The number of nitrogens with one attached hydrogen (secondary N) is 2. The lowest BCUT2D eigenvalue weighted by atomic mass is 10.2. The topological polar surface area (TPSA) is 58.5 Å². The van der Waals surface area contributed by atoms with E-state index < -0.39 is 0 Å². The predicted octanol–water partition coefficient (Wildman–Crippen LogP) is 3.33. The average Bonchev–Trinajstić information content (AvgIpc) is 3.51. The molecule has 1 aromatic heterocycles. The van der Waals surface area contributed by atoms with Gasteiger partial charge in [0.15, 0.2) is 5.96 Å². The Kier molecular flexibility index (Phi) is 7.19. The molecule has 0 radical (unpaired) electrons. The molecule has 1 aromatic carbocycles. The molecule has 26 heavy (non-hydrogen) atoms. The Labute approximate surface area is 159 Å². The standard InChI is InChI=1S/C20H26N4OS/c1-21-20(23-11-12-26-18-5-3-2-4-6-18)24-14-17-9-10-22-19(13-17)25-15-16-7-8-16/h2-6,9-10,13,16H,7-8,11-12,14-15H2,1H3,(H2,21,23,24). The maximum Gasteiger partial charge on any atom is 0.213 e. The maximum atomic E-state index is 5.74. The molecule has 0 saturated heterocycles. The van der Waals surface area contributed by atoms with E-state index in [1.807, 2.05) is 30.0 Å². The third-order valence-corrected chi connectivity index (χ3v) is 5.07. The largest absolute Gasteiger partial charge is 0.477 e. The van der Waals surface area contributed by atoms with Crippen LogP contribution in [0, 0.1) is 5.92 Å². The lowest BCUT2D eigenvalue weighted by Crippen LogP contribution is -2.37. The molecule has 1 aliphatic rings. The van der Waals surface area contributed by atoms with Gasteiger partial charge in [-0.25, -0.2) is 4.98 Å². The van der Waals surface area contributed by atoms with E-state index in [9.17, 15) is 0 Å². The number of pyridine rings is 1. The highest BCUT2D eigenvalue weighted by atomic mass is 32.2. The van der Waals surface area contributed by atoms with E-state index >= 15 is 0 Å². The minimum Gasteiger partial charge on any atom is -0.477 e. The van der Waals surface area contributed by atoms with Crippen molar-refractivity contribution in [2.45, 2.75) is 24.3 Å². The lowest BCUT2D eigenvalue weighted by Gasteiger charge is -2.12. The molecule has 2 aromatic rings. The first-order valence-corrected chi connectivity index (χ1v) is 10.0. The highest BCUT2D eigenvalue weighted by Crippen LogP contribution is 2.29. The van der Waals surface area contributed by atoms with Crippen LogP contribution in [0.4, 0.5) is 0 Å². The number of thioether (sulfide) groups is 1. The molecule has 138 valence electrons. The second-order valence-corrected chi connectivity index (χ2v) is 7.44. The number of nitrogens with zero attached hydrogens (tertiary/aromatic N) is 2. The third kappa shape index (κ3) is 6.59. The normalized spacial score (nSPS) is 14.1. The Hall–Kier alpha value is -2.21. The summed E-state index contributed by atoms with van der Waals surface area (Å²) in [6, 6.07) is 14.4. The summed E-state index contributed by atoms with van der Waals surface area (Å²) in [5, 5.41) is 6.68. The highest BCUT2D eigenvalue weighted by molar-refractivity contribution is 7.99. The summed E-state index contributed by atoms with van der Waals surface area (Å²) < 4.78 is 5.74. The van der Waals surface area contributed by atoms with Crippen LogP contribution in [-0.4, -0.2) is 36.9 Å². The number of aliphatic imine (C=N–C) groups is 1. The van der Waals surface area contributed by atoms with E-state index in [1.165, 1.54) is 17.7 Å². The summed E-state index contributed by atoms with van der Waals surface area (Å²) in [5.74, 6) is 3.23. The molecule has 5 nitrogen and oxygen atoms in total. The first kappa shape index (κ1) is 18.6. The van der Waals surface area contributed by atoms with E-state index in [0.717, 1.165) is 36.3 Å². The van der Waals surface area contributed by atoms with Gasteiger partial charge in [0.1, 0.15) is 0 Å². The van der Waals surface area contributed by atoms with Crippen LogP contribution in [0.5, 0.6) is 5.88 Å². The molecule has 0 aliphatic heterocycles. The van der Waals surface area contributed by atoms with Gasteiger partial charge in [0, 0.05) is 43.0 Å². The van der Waals surface area contributed by atoms with E-state index in [-0.39, 0.29) is 0 Å².